The third-order valence-electron chi connectivity index (χ3n) is 10.1. The maximum Gasteiger partial charge on any atom is 0.252 e. The zero-order chi connectivity index (χ0) is 32.8. The van der Waals surface area contributed by atoms with Crippen molar-refractivity contribution in [3.05, 3.63) is 114 Å². The van der Waals surface area contributed by atoms with E-state index in [9.17, 15) is 0 Å². The minimum absolute atomic E-state index is 0.0149. The Morgan fingerprint density at radius 3 is 1.94 bits per heavy atom. The molecular formula is C42H43BN2O2. The Morgan fingerprint density at radius 2 is 1.23 bits per heavy atom. The van der Waals surface area contributed by atoms with E-state index in [1.54, 1.807) is 0 Å². The highest BCUT2D eigenvalue weighted by Crippen LogP contribution is 2.50. The Bertz CT molecular complexity index is 2030. The summed E-state index contributed by atoms with van der Waals surface area (Å²) in [6, 6.07) is 36.4. The van der Waals surface area contributed by atoms with Crippen molar-refractivity contribution in [3.8, 4) is 11.5 Å². The molecule has 3 aliphatic heterocycles. The molecule has 0 saturated carbocycles. The summed E-state index contributed by atoms with van der Waals surface area (Å²) >= 11 is 0. The van der Waals surface area contributed by atoms with Crippen molar-refractivity contribution < 1.29 is 9.47 Å². The first kappa shape index (κ1) is 29.7. The topological polar surface area (TPSA) is 24.9 Å². The van der Waals surface area contributed by atoms with Crippen LogP contribution in [0.25, 0.3) is 0 Å². The lowest BCUT2D eigenvalue weighted by Gasteiger charge is -2.45. The SMILES string of the molecule is CC(C)c1cc2c3c(c1)N(c1cccc4c1OCO4)c1ccccc1B3c1cc(C(C)(C)C)ccc1N2c1ccc(C(C)(C)C)cc1. The van der Waals surface area contributed by atoms with E-state index in [0.29, 0.717) is 5.92 Å². The predicted molar refractivity (Wildman–Crippen MR) is 198 cm³/mol. The van der Waals surface area contributed by atoms with Crippen LogP contribution in [0, 0.1) is 0 Å². The first-order chi connectivity index (χ1) is 22.4. The third kappa shape index (κ3) is 4.65. The van der Waals surface area contributed by atoms with Crippen molar-refractivity contribution in [3.63, 3.8) is 0 Å². The molecule has 47 heavy (non-hydrogen) atoms. The third-order valence-corrected chi connectivity index (χ3v) is 10.1. The molecule has 0 spiro atoms. The summed E-state index contributed by atoms with van der Waals surface area (Å²) in [6.45, 7) is 18.6. The molecule has 5 aromatic carbocycles. The zero-order valence-electron chi connectivity index (χ0n) is 28.8. The number of hydrogen-bond acceptors (Lipinski definition) is 4. The van der Waals surface area contributed by atoms with Gasteiger partial charge in [-0.15, -0.1) is 0 Å². The van der Waals surface area contributed by atoms with Gasteiger partial charge in [0.15, 0.2) is 11.5 Å². The lowest BCUT2D eigenvalue weighted by Crippen LogP contribution is -2.61. The Balaban J connectivity index is 1.47. The van der Waals surface area contributed by atoms with Crippen molar-refractivity contribution in [2.45, 2.75) is 72.1 Å². The predicted octanol–water partition coefficient (Wildman–Crippen LogP) is 9.22. The zero-order valence-corrected chi connectivity index (χ0v) is 28.8. The summed E-state index contributed by atoms with van der Waals surface area (Å²) in [5.74, 6) is 1.92. The van der Waals surface area contributed by atoms with Crippen molar-refractivity contribution >= 4 is 57.2 Å². The lowest BCUT2D eigenvalue weighted by atomic mass is 9.33. The largest absolute Gasteiger partial charge is 0.454 e. The second-order valence-corrected chi connectivity index (χ2v) is 15.6. The molecule has 0 aliphatic carbocycles. The maximum atomic E-state index is 6.15. The molecule has 236 valence electrons. The molecule has 0 bridgehead atoms. The van der Waals surface area contributed by atoms with Crippen LogP contribution in [-0.2, 0) is 10.8 Å². The van der Waals surface area contributed by atoms with Gasteiger partial charge in [-0.25, -0.2) is 0 Å². The van der Waals surface area contributed by atoms with E-state index in [4.69, 9.17) is 9.47 Å². The molecular weight excluding hydrogens is 575 g/mol. The fraction of sp³-hybridized carbons (Fsp3) is 0.286. The van der Waals surface area contributed by atoms with Gasteiger partial charge in [-0.1, -0.05) is 104 Å². The van der Waals surface area contributed by atoms with Crippen LogP contribution in [0.2, 0.25) is 0 Å². The number of benzene rings is 5. The molecule has 5 aromatic rings. The van der Waals surface area contributed by atoms with Gasteiger partial charge in [0.2, 0.25) is 6.79 Å². The molecule has 0 amide bonds. The number of fused-ring (bicyclic) bond motifs is 5. The summed E-state index contributed by atoms with van der Waals surface area (Å²) in [5, 5.41) is 0. The number of anilines is 6. The highest BCUT2D eigenvalue weighted by atomic mass is 16.7. The number of hydrogen-bond donors (Lipinski definition) is 0. The molecule has 0 aromatic heterocycles. The van der Waals surface area contributed by atoms with Crippen LogP contribution < -0.4 is 35.7 Å². The summed E-state index contributed by atoms with van der Waals surface area (Å²) in [5.41, 5.74) is 15.1. The van der Waals surface area contributed by atoms with E-state index in [1.807, 2.05) is 6.07 Å². The highest BCUT2D eigenvalue weighted by molar-refractivity contribution is 7.00. The average molecular weight is 619 g/mol. The second-order valence-electron chi connectivity index (χ2n) is 15.6. The summed E-state index contributed by atoms with van der Waals surface area (Å²) in [4.78, 5) is 4.93. The Kier molecular flexibility index (Phi) is 6.60. The van der Waals surface area contributed by atoms with Gasteiger partial charge in [0.25, 0.3) is 6.71 Å². The van der Waals surface area contributed by atoms with Gasteiger partial charge in [0.05, 0.1) is 5.69 Å². The van der Waals surface area contributed by atoms with Crippen LogP contribution in [0.1, 0.15) is 78.0 Å². The Labute approximate surface area is 280 Å². The molecule has 0 fully saturated rings. The van der Waals surface area contributed by atoms with Crippen molar-refractivity contribution in [1.29, 1.82) is 0 Å². The number of nitrogens with zero attached hydrogens (tertiary/aromatic N) is 2. The summed E-state index contributed by atoms with van der Waals surface area (Å²) < 4.78 is 12.0. The van der Waals surface area contributed by atoms with Crippen LogP contribution in [0.3, 0.4) is 0 Å². The van der Waals surface area contributed by atoms with E-state index in [1.165, 1.54) is 61.5 Å². The molecule has 3 heterocycles. The van der Waals surface area contributed by atoms with Gasteiger partial charge in [0, 0.05) is 28.4 Å². The number of para-hydroxylation sites is 2. The van der Waals surface area contributed by atoms with E-state index in [-0.39, 0.29) is 24.3 Å². The van der Waals surface area contributed by atoms with E-state index < -0.39 is 0 Å². The molecule has 4 nitrogen and oxygen atoms in total. The number of ether oxygens (including phenoxy) is 2. The second kappa shape index (κ2) is 10.4. The van der Waals surface area contributed by atoms with E-state index >= 15 is 0 Å². The van der Waals surface area contributed by atoms with Gasteiger partial charge in [0.1, 0.15) is 0 Å². The summed E-state index contributed by atoms with van der Waals surface area (Å²) in [6.07, 6.45) is 0. The summed E-state index contributed by atoms with van der Waals surface area (Å²) in [7, 11) is 0. The first-order valence-electron chi connectivity index (χ1n) is 16.9. The Hall–Kier alpha value is -4.64. The highest BCUT2D eigenvalue weighted by Gasteiger charge is 2.44. The molecule has 8 rings (SSSR count). The van der Waals surface area contributed by atoms with Crippen LogP contribution in [0.15, 0.2) is 97.1 Å². The molecule has 3 aliphatic rings. The molecule has 0 saturated heterocycles. The molecule has 0 N–H and O–H groups in total. The van der Waals surface area contributed by atoms with Crippen LogP contribution in [0.5, 0.6) is 11.5 Å². The van der Waals surface area contributed by atoms with Gasteiger partial charge in [-0.3, -0.25) is 0 Å². The smallest absolute Gasteiger partial charge is 0.252 e. The van der Waals surface area contributed by atoms with Gasteiger partial charge < -0.3 is 19.3 Å². The monoisotopic (exact) mass is 618 g/mol. The molecule has 0 atom stereocenters. The minimum Gasteiger partial charge on any atom is -0.454 e. The van der Waals surface area contributed by atoms with Gasteiger partial charge >= 0.3 is 0 Å². The van der Waals surface area contributed by atoms with Crippen molar-refractivity contribution in [1.82, 2.24) is 0 Å². The number of rotatable bonds is 3. The average Bonchev–Trinajstić information content (AvgIpc) is 3.53. The van der Waals surface area contributed by atoms with E-state index in [2.05, 4.69) is 156 Å². The molecule has 0 radical (unpaired) electrons. The fourth-order valence-electron chi connectivity index (χ4n) is 7.51. The molecule has 5 heteroatoms. The Morgan fingerprint density at radius 1 is 0.596 bits per heavy atom. The first-order valence-corrected chi connectivity index (χ1v) is 16.9. The van der Waals surface area contributed by atoms with Crippen molar-refractivity contribution in [2.24, 2.45) is 0 Å². The van der Waals surface area contributed by atoms with Crippen LogP contribution >= 0.6 is 0 Å². The quantitative estimate of drug-likeness (QED) is 0.184. The minimum atomic E-state index is 0.0149. The van der Waals surface area contributed by atoms with Gasteiger partial charge in [-0.05, 0) is 98.4 Å². The standard InChI is InChI=1S/C42H43BN2O2/c1-26(2)27-22-36-39-37(23-27)45(35-14-11-15-38-40(35)47-25-46-38)33-13-10-9-12-31(33)43(39)32-24-29(42(6,7)8)18-21-34(32)44(36)30-19-16-28(17-20-30)41(3,4)5/h9-24,26H,25H2,1-8H3. The fourth-order valence-corrected chi connectivity index (χ4v) is 7.51. The normalized spacial score (nSPS) is 14.7. The maximum absolute atomic E-state index is 6.15. The lowest BCUT2D eigenvalue weighted by molar-refractivity contribution is 0.174. The van der Waals surface area contributed by atoms with Crippen molar-refractivity contribution in [2.75, 3.05) is 16.6 Å². The molecule has 0 unspecified atom stereocenters. The van der Waals surface area contributed by atoms with Gasteiger partial charge in [-0.2, -0.15) is 0 Å². The van der Waals surface area contributed by atoms with E-state index in [0.717, 1.165) is 17.2 Å². The van der Waals surface area contributed by atoms with Crippen LogP contribution in [-0.4, -0.2) is 13.5 Å². The van der Waals surface area contributed by atoms with Crippen LogP contribution in [0.4, 0.5) is 34.1 Å².